The zero-order chi connectivity index (χ0) is 19.7. The van der Waals surface area contributed by atoms with Gasteiger partial charge in [0, 0.05) is 32.7 Å². The summed E-state index contributed by atoms with van der Waals surface area (Å²) in [5.41, 5.74) is 1.10. The quantitative estimate of drug-likeness (QED) is 0.799. The number of nitrogens with one attached hydrogen (secondary N) is 1. The Kier molecular flexibility index (Phi) is 7.53. The highest BCUT2D eigenvalue weighted by Gasteiger charge is 2.33. The van der Waals surface area contributed by atoms with Gasteiger partial charge in [0.25, 0.3) is 0 Å². The van der Waals surface area contributed by atoms with Crippen LogP contribution in [0.4, 0.5) is 0 Å². The summed E-state index contributed by atoms with van der Waals surface area (Å²) in [6, 6.07) is 7.17. The van der Waals surface area contributed by atoms with E-state index >= 15 is 0 Å². The molecule has 28 heavy (non-hydrogen) atoms. The maximum atomic E-state index is 12.9. The molecule has 158 valence electrons. The number of amides is 1. The van der Waals surface area contributed by atoms with Crippen LogP contribution in [0.15, 0.2) is 29.2 Å². The summed E-state index contributed by atoms with van der Waals surface area (Å²) in [5, 5.41) is 3.27. The largest absolute Gasteiger partial charge is 0.340 e. The summed E-state index contributed by atoms with van der Waals surface area (Å²) in [6.07, 6.45) is 1.94. The van der Waals surface area contributed by atoms with E-state index in [0.717, 1.165) is 31.5 Å². The van der Waals surface area contributed by atoms with Crippen LogP contribution in [-0.2, 0) is 20.2 Å². The van der Waals surface area contributed by atoms with Crippen LogP contribution < -0.4 is 5.32 Å². The number of hydrogen-bond acceptors (Lipinski definition) is 4. The smallest absolute Gasteiger partial charge is 0.243 e. The molecular weight excluding hydrogens is 398 g/mol. The highest BCUT2D eigenvalue weighted by Crippen LogP contribution is 2.25. The standard InChI is InChI=1S/C20H31N3O3S.ClH/c1-20(2,3)17-6-8-18(9-7-17)27(25,26)23-13-11-22(12-14-23)19(24)16-5-4-10-21-15-16;/h6-9,16,21H,4-5,10-15H2,1-3H3;1H. The van der Waals surface area contributed by atoms with Gasteiger partial charge >= 0.3 is 0 Å². The van der Waals surface area contributed by atoms with Crippen molar-refractivity contribution in [3.63, 3.8) is 0 Å². The predicted octanol–water partition coefficient (Wildman–Crippen LogP) is 2.24. The van der Waals surface area contributed by atoms with Gasteiger partial charge in [0.2, 0.25) is 15.9 Å². The third-order valence-electron chi connectivity index (χ3n) is 5.55. The average Bonchev–Trinajstić information content (AvgIpc) is 2.67. The average molecular weight is 430 g/mol. The van der Waals surface area contributed by atoms with Crippen molar-refractivity contribution >= 4 is 28.3 Å². The Balaban J connectivity index is 0.00000280. The van der Waals surface area contributed by atoms with Gasteiger partial charge in [-0.25, -0.2) is 8.42 Å². The number of benzene rings is 1. The molecule has 2 fully saturated rings. The number of sulfonamides is 1. The number of carbonyl (C=O) groups is 1. The fraction of sp³-hybridized carbons (Fsp3) is 0.650. The van der Waals surface area contributed by atoms with Crippen LogP contribution in [0.1, 0.15) is 39.2 Å². The van der Waals surface area contributed by atoms with Crippen molar-refractivity contribution < 1.29 is 13.2 Å². The van der Waals surface area contributed by atoms with Crippen molar-refractivity contribution in [2.75, 3.05) is 39.3 Å². The van der Waals surface area contributed by atoms with E-state index in [4.69, 9.17) is 0 Å². The minimum atomic E-state index is -3.52. The van der Waals surface area contributed by atoms with Gasteiger partial charge in [-0.1, -0.05) is 32.9 Å². The number of rotatable bonds is 3. The van der Waals surface area contributed by atoms with Crippen LogP contribution in [0.25, 0.3) is 0 Å². The molecule has 1 atom stereocenters. The van der Waals surface area contributed by atoms with Gasteiger partial charge in [0.05, 0.1) is 10.8 Å². The van der Waals surface area contributed by atoms with Gasteiger partial charge in [-0.2, -0.15) is 4.31 Å². The van der Waals surface area contributed by atoms with Crippen LogP contribution in [0, 0.1) is 5.92 Å². The summed E-state index contributed by atoms with van der Waals surface area (Å²) in [6.45, 7) is 9.67. The molecule has 0 spiro atoms. The van der Waals surface area contributed by atoms with Crippen LogP contribution in [0.3, 0.4) is 0 Å². The Hall–Kier alpha value is -1.15. The van der Waals surface area contributed by atoms with E-state index in [0.29, 0.717) is 31.1 Å². The molecule has 1 N–H and O–H groups in total. The molecule has 0 bridgehead atoms. The van der Waals surface area contributed by atoms with Gasteiger partial charge < -0.3 is 10.2 Å². The zero-order valence-corrected chi connectivity index (χ0v) is 18.6. The molecule has 1 amide bonds. The van der Waals surface area contributed by atoms with Crippen molar-refractivity contribution in [3.8, 4) is 0 Å². The molecule has 0 radical (unpaired) electrons. The molecule has 0 aromatic heterocycles. The van der Waals surface area contributed by atoms with Gasteiger partial charge in [0.15, 0.2) is 0 Å². The number of piperidine rings is 1. The second-order valence-corrected chi connectivity index (χ2v) is 10.5. The first-order chi connectivity index (χ1) is 12.7. The summed E-state index contributed by atoms with van der Waals surface area (Å²) in [5.74, 6) is 0.195. The van der Waals surface area contributed by atoms with Crippen molar-refractivity contribution in [1.82, 2.24) is 14.5 Å². The highest BCUT2D eigenvalue weighted by molar-refractivity contribution is 7.89. The second-order valence-electron chi connectivity index (χ2n) is 8.55. The van der Waals surface area contributed by atoms with Crippen molar-refractivity contribution in [1.29, 1.82) is 0 Å². The lowest BCUT2D eigenvalue weighted by Gasteiger charge is -2.36. The fourth-order valence-electron chi connectivity index (χ4n) is 3.75. The monoisotopic (exact) mass is 429 g/mol. The molecule has 6 nitrogen and oxygen atoms in total. The summed E-state index contributed by atoms with van der Waals surface area (Å²) in [7, 11) is -3.52. The van der Waals surface area contributed by atoms with Gasteiger partial charge in [0.1, 0.15) is 0 Å². The molecule has 8 heteroatoms. The van der Waals surface area contributed by atoms with Crippen molar-refractivity contribution in [2.45, 2.75) is 43.9 Å². The van der Waals surface area contributed by atoms with Crippen LogP contribution in [0.2, 0.25) is 0 Å². The Morgan fingerprint density at radius 1 is 1.07 bits per heavy atom. The van der Waals surface area contributed by atoms with Crippen molar-refractivity contribution in [2.24, 2.45) is 5.92 Å². The molecule has 1 unspecified atom stereocenters. The fourth-order valence-corrected chi connectivity index (χ4v) is 5.17. The Bertz CT molecular complexity index is 761. The Morgan fingerprint density at radius 3 is 2.18 bits per heavy atom. The zero-order valence-electron chi connectivity index (χ0n) is 17.0. The van der Waals surface area contributed by atoms with Crippen LogP contribution >= 0.6 is 12.4 Å². The molecule has 3 rings (SSSR count). The van der Waals surface area contributed by atoms with Gasteiger partial charge in [-0.3, -0.25) is 4.79 Å². The van der Waals surface area contributed by atoms with E-state index in [1.165, 1.54) is 4.31 Å². The third kappa shape index (κ3) is 5.06. The molecule has 2 aliphatic heterocycles. The topological polar surface area (TPSA) is 69.7 Å². The first-order valence-corrected chi connectivity index (χ1v) is 11.2. The SMILES string of the molecule is CC(C)(C)c1ccc(S(=O)(=O)N2CCN(C(=O)C3CCCNC3)CC2)cc1.Cl. The maximum Gasteiger partial charge on any atom is 0.243 e. The summed E-state index contributed by atoms with van der Waals surface area (Å²) >= 11 is 0. The van der Waals surface area contributed by atoms with Crippen molar-refractivity contribution in [3.05, 3.63) is 29.8 Å². The number of hydrogen-bond donors (Lipinski definition) is 1. The minimum absolute atomic E-state index is 0. The molecular formula is C20H32ClN3O3S. The number of halogens is 1. The van der Waals surface area contributed by atoms with Crippen LogP contribution in [-0.4, -0.2) is 62.8 Å². The summed E-state index contributed by atoms with van der Waals surface area (Å²) < 4.78 is 27.4. The lowest BCUT2D eigenvalue weighted by molar-refractivity contribution is -0.137. The first-order valence-electron chi connectivity index (χ1n) is 9.80. The third-order valence-corrected chi connectivity index (χ3v) is 7.47. The number of nitrogens with zero attached hydrogens (tertiary/aromatic N) is 2. The molecule has 0 aliphatic carbocycles. The van der Waals surface area contributed by atoms with E-state index in [2.05, 4.69) is 26.1 Å². The molecule has 2 saturated heterocycles. The highest BCUT2D eigenvalue weighted by atomic mass is 35.5. The number of piperazine rings is 1. The maximum absolute atomic E-state index is 12.9. The Morgan fingerprint density at radius 2 is 1.68 bits per heavy atom. The predicted molar refractivity (Wildman–Crippen MR) is 113 cm³/mol. The van der Waals surface area contributed by atoms with Crippen LogP contribution in [0.5, 0.6) is 0 Å². The van der Waals surface area contributed by atoms with E-state index in [9.17, 15) is 13.2 Å². The van der Waals surface area contributed by atoms with E-state index in [1.807, 2.05) is 17.0 Å². The number of carbonyl (C=O) groups excluding carboxylic acids is 1. The first kappa shape index (κ1) is 23.1. The Labute approximate surface area is 175 Å². The van der Waals surface area contributed by atoms with Gasteiger partial charge in [-0.05, 0) is 42.5 Å². The lowest BCUT2D eigenvalue weighted by atomic mass is 9.87. The lowest BCUT2D eigenvalue weighted by Crippen LogP contribution is -2.53. The molecule has 1 aromatic rings. The van der Waals surface area contributed by atoms with E-state index < -0.39 is 10.0 Å². The molecule has 0 saturated carbocycles. The van der Waals surface area contributed by atoms with E-state index in [1.54, 1.807) is 12.1 Å². The normalized spacial score (nSPS) is 21.8. The summed E-state index contributed by atoms with van der Waals surface area (Å²) in [4.78, 5) is 14.8. The molecule has 2 heterocycles. The van der Waals surface area contributed by atoms with E-state index in [-0.39, 0.29) is 29.6 Å². The molecule has 2 aliphatic rings. The molecule has 1 aromatic carbocycles. The second kappa shape index (κ2) is 9.11. The minimum Gasteiger partial charge on any atom is -0.340 e. The van der Waals surface area contributed by atoms with Gasteiger partial charge in [-0.15, -0.1) is 12.4 Å².